The number of H-pyrrole nitrogens is 2. The molecule has 0 radical (unpaired) electrons. The first-order valence-electron chi connectivity index (χ1n) is 6.57. The van der Waals surface area contributed by atoms with Gasteiger partial charge in [-0.25, -0.2) is 4.98 Å². The van der Waals surface area contributed by atoms with Crippen LogP contribution in [-0.2, 0) is 0 Å². The van der Waals surface area contributed by atoms with Crippen molar-refractivity contribution in [1.29, 1.82) is 0 Å². The summed E-state index contributed by atoms with van der Waals surface area (Å²) in [4.78, 5) is 21.7. The number of aromatic amines is 2. The lowest BCUT2D eigenvalue weighted by atomic mass is 10.0. The molecule has 0 saturated carbocycles. The normalized spacial score (nSPS) is 19.6. The molecular weight excluding hydrogens is 242 g/mol. The smallest absolute Gasteiger partial charge is 0.271 e. The molecule has 2 aromatic rings. The van der Waals surface area contributed by atoms with Gasteiger partial charge in [0.05, 0.1) is 6.04 Å². The summed E-state index contributed by atoms with van der Waals surface area (Å²) in [5.74, 6) is 0.820. The number of aromatic nitrogens is 4. The zero-order valence-corrected chi connectivity index (χ0v) is 10.9. The van der Waals surface area contributed by atoms with Crippen LogP contribution in [0.4, 0.5) is 0 Å². The Bertz CT molecular complexity index is 559. The van der Waals surface area contributed by atoms with Crippen molar-refractivity contribution in [2.24, 2.45) is 0 Å². The van der Waals surface area contributed by atoms with E-state index in [9.17, 15) is 4.79 Å². The minimum absolute atomic E-state index is 0.00597. The van der Waals surface area contributed by atoms with Crippen molar-refractivity contribution in [3.8, 4) is 0 Å². The van der Waals surface area contributed by atoms with Gasteiger partial charge in [-0.15, -0.1) is 0 Å². The average molecular weight is 259 g/mol. The maximum absolute atomic E-state index is 12.6. The molecule has 0 aliphatic carbocycles. The zero-order chi connectivity index (χ0) is 13.2. The second-order valence-corrected chi connectivity index (χ2v) is 4.92. The number of hydrogen-bond donors (Lipinski definition) is 2. The first kappa shape index (κ1) is 12.0. The molecule has 0 spiro atoms. The lowest BCUT2D eigenvalue weighted by Gasteiger charge is -2.34. The van der Waals surface area contributed by atoms with Crippen molar-refractivity contribution in [1.82, 2.24) is 25.1 Å². The highest BCUT2D eigenvalue weighted by molar-refractivity contribution is 5.94. The number of carbonyl (C=O) groups is 1. The van der Waals surface area contributed by atoms with E-state index in [1.54, 1.807) is 6.20 Å². The molecule has 1 saturated heterocycles. The molecule has 100 valence electrons. The Morgan fingerprint density at radius 2 is 2.37 bits per heavy atom. The highest BCUT2D eigenvalue weighted by atomic mass is 16.2. The summed E-state index contributed by atoms with van der Waals surface area (Å²) in [5, 5.41) is 6.78. The molecule has 0 aromatic carbocycles. The quantitative estimate of drug-likeness (QED) is 0.863. The summed E-state index contributed by atoms with van der Waals surface area (Å²) in [6.07, 6.45) is 6.37. The van der Waals surface area contributed by atoms with Gasteiger partial charge in [0.2, 0.25) is 0 Å². The van der Waals surface area contributed by atoms with E-state index < -0.39 is 0 Å². The van der Waals surface area contributed by atoms with Gasteiger partial charge < -0.3 is 9.88 Å². The molecule has 1 amide bonds. The van der Waals surface area contributed by atoms with E-state index in [4.69, 9.17) is 0 Å². The number of aryl methyl sites for hydroxylation is 1. The van der Waals surface area contributed by atoms with Crippen LogP contribution in [0.25, 0.3) is 0 Å². The van der Waals surface area contributed by atoms with Crippen LogP contribution in [0.1, 0.15) is 47.2 Å². The fourth-order valence-electron chi connectivity index (χ4n) is 2.66. The van der Waals surface area contributed by atoms with E-state index >= 15 is 0 Å². The number of carbonyl (C=O) groups excluding carboxylic acids is 1. The molecule has 2 aromatic heterocycles. The number of amides is 1. The zero-order valence-electron chi connectivity index (χ0n) is 10.9. The van der Waals surface area contributed by atoms with E-state index in [-0.39, 0.29) is 11.9 Å². The van der Waals surface area contributed by atoms with Crippen molar-refractivity contribution in [3.05, 3.63) is 35.7 Å². The van der Waals surface area contributed by atoms with Crippen molar-refractivity contribution in [2.75, 3.05) is 6.54 Å². The van der Waals surface area contributed by atoms with E-state index in [1.165, 1.54) is 6.33 Å². The first-order chi connectivity index (χ1) is 9.27. The molecule has 1 aliphatic rings. The molecule has 1 fully saturated rings. The van der Waals surface area contributed by atoms with Crippen LogP contribution in [0.15, 0.2) is 18.6 Å². The van der Waals surface area contributed by atoms with Crippen LogP contribution in [0.5, 0.6) is 0 Å². The van der Waals surface area contributed by atoms with Gasteiger partial charge >= 0.3 is 0 Å². The Kier molecular flexibility index (Phi) is 3.06. The summed E-state index contributed by atoms with van der Waals surface area (Å²) in [5.41, 5.74) is 1.65. The van der Waals surface area contributed by atoms with Crippen LogP contribution < -0.4 is 0 Å². The number of likely N-dealkylation sites (tertiary alicyclic amines) is 1. The second-order valence-electron chi connectivity index (χ2n) is 4.92. The predicted octanol–water partition coefficient (Wildman–Crippen LogP) is 1.81. The van der Waals surface area contributed by atoms with Crippen LogP contribution in [0.3, 0.4) is 0 Å². The van der Waals surface area contributed by atoms with Crippen molar-refractivity contribution in [3.63, 3.8) is 0 Å². The third kappa shape index (κ3) is 2.14. The highest BCUT2D eigenvalue weighted by Crippen LogP contribution is 2.30. The van der Waals surface area contributed by atoms with Gasteiger partial charge in [-0.3, -0.25) is 9.89 Å². The van der Waals surface area contributed by atoms with Crippen molar-refractivity contribution >= 4 is 5.91 Å². The van der Waals surface area contributed by atoms with Crippen LogP contribution >= 0.6 is 0 Å². The van der Waals surface area contributed by atoms with Gasteiger partial charge in [-0.2, -0.15) is 5.10 Å². The minimum atomic E-state index is 0.00597. The summed E-state index contributed by atoms with van der Waals surface area (Å²) in [7, 11) is 0. The van der Waals surface area contributed by atoms with Gasteiger partial charge in [0.15, 0.2) is 0 Å². The molecule has 6 heteroatoms. The maximum Gasteiger partial charge on any atom is 0.271 e. The molecule has 3 rings (SSSR count). The third-order valence-corrected chi connectivity index (χ3v) is 3.68. The maximum atomic E-state index is 12.6. The second kappa shape index (κ2) is 4.87. The topological polar surface area (TPSA) is 77.7 Å². The average Bonchev–Trinajstić information content (AvgIpc) is 3.09. The Hall–Kier alpha value is -2.11. The molecule has 1 atom stereocenters. The largest absolute Gasteiger partial charge is 0.357 e. The summed E-state index contributed by atoms with van der Waals surface area (Å²) in [6.45, 7) is 2.71. The number of nitrogens with one attached hydrogen (secondary N) is 2. The van der Waals surface area contributed by atoms with E-state index in [1.807, 2.05) is 17.9 Å². The molecule has 0 bridgehead atoms. The number of hydrogen-bond acceptors (Lipinski definition) is 3. The molecule has 1 aliphatic heterocycles. The monoisotopic (exact) mass is 259 g/mol. The Labute approximate surface area is 111 Å². The molecule has 19 heavy (non-hydrogen) atoms. The fraction of sp³-hybridized carbons (Fsp3) is 0.462. The molecule has 0 unspecified atom stereocenters. The lowest BCUT2D eigenvalue weighted by molar-refractivity contribution is 0.0594. The SMILES string of the molecule is Cc1cc[nH]c1C(=O)N1CCCC[C@H]1c1ncn[nH]1. The lowest BCUT2D eigenvalue weighted by Crippen LogP contribution is -2.39. The number of rotatable bonds is 2. The van der Waals surface area contributed by atoms with Gasteiger partial charge in [-0.1, -0.05) is 0 Å². The van der Waals surface area contributed by atoms with Crippen LogP contribution in [0.2, 0.25) is 0 Å². The summed E-state index contributed by atoms with van der Waals surface area (Å²) < 4.78 is 0. The number of piperidine rings is 1. The molecule has 6 nitrogen and oxygen atoms in total. The first-order valence-corrected chi connectivity index (χ1v) is 6.57. The third-order valence-electron chi connectivity index (χ3n) is 3.68. The van der Waals surface area contributed by atoms with Gasteiger partial charge in [0.25, 0.3) is 5.91 Å². The number of nitrogens with zero attached hydrogens (tertiary/aromatic N) is 3. The Balaban J connectivity index is 1.89. The van der Waals surface area contributed by atoms with Gasteiger partial charge in [0, 0.05) is 12.7 Å². The van der Waals surface area contributed by atoms with Crippen molar-refractivity contribution < 1.29 is 4.79 Å². The van der Waals surface area contributed by atoms with Crippen molar-refractivity contribution in [2.45, 2.75) is 32.2 Å². The van der Waals surface area contributed by atoms with E-state index in [2.05, 4.69) is 20.2 Å². The minimum Gasteiger partial charge on any atom is -0.357 e. The Morgan fingerprint density at radius 3 is 3.05 bits per heavy atom. The molecular formula is C13H17N5O. The molecule has 2 N–H and O–H groups in total. The van der Waals surface area contributed by atoms with E-state index in [0.29, 0.717) is 5.69 Å². The summed E-state index contributed by atoms with van der Waals surface area (Å²) in [6, 6.07) is 1.92. The summed E-state index contributed by atoms with van der Waals surface area (Å²) >= 11 is 0. The van der Waals surface area contributed by atoms with E-state index in [0.717, 1.165) is 37.2 Å². The molecule has 3 heterocycles. The van der Waals surface area contributed by atoms with Gasteiger partial charge in [0.1, 0.15) is 17.8 Å². The standard InChI is InChI=1S/C13H17N5O/c1-9-5-6-14-11(9)13(19)18-7-3-2-4-10(18)12-15-8-16-17-12/h5-6,8,10,14H,2-4,7H2,1H3,(H,15,16,17)/t10-/m0/s1. The predicted molar refractivity (Wildman–Crippen MR) is 69.5 cm³/mol. The Morgan fingerprint density at radius 1 is 1.47 bits per heavy atom. The fourth-order valence-corrected chi connectivity index (χ4v) is 2.66. The van der Waals surface area contributed by atoms with Gasteiger partial charge in [-0.05, 0) is 37.8 Å². The van der Waals surface area contributed by atoms with Crippen LogP contribution in [0, 0.1) is 6.92 Å². The van der Waals surface area contributed by atoms with Crippen LogP contribution in [-0.4, -0.2) is 37.5 Å². The highest BCUT2D eigenvalue weighted by Gasteiger charge is 2.31.